The molecule has 296 valence electrons. The minimum atomic E-state index is -0.118. The van der Waals surface area contributed by atoms with Gasteiger partial charge in [-0.25, -0.2) is 15.0 Å². The molecule has 7 N–H and O–H groups in total. The van der Waals surface area contributed by atoms with Gasteiger partial charge in [-0.05, 0) is 87.4 Å². The molecule has 6 aromatic rings. The van der Waals surface area contributed by atoms with E-state index < -0.39 is 0 Å². The quantitative estimate of drug-likeness (QED) is 0.115. The molecule has 2 saturated heterocycles. The van der Waals surface area contributed by atoms with Crippen LogP contribution >= 0.6 is 0 Å². The molecule has 7 heterocycles. The van der Waals surface area contributed by atoms with Crippen molar-refractivity contribution in [3.05, 3.63) is 88.4 Å². The van der Waals surface area contributed by atoms with Crippen molar-refractivity contribution < 1.29 is 9.21 Å². The summed E-state index contributed by atoms with van der Waals surface area (Å²) >= 11 is 0. The van der Waals surface area contributed by atoms with Crippen molar-refractivity contribution in [1.82, 2.24) is 50.0 Å². The van der Waals surface area contributed by atoms with E-state index >= 15 is 0 Å². The maximum absolute atomic E-state index is 13.1. The van der Waals surface area contributed by atoms with Crippen LogP contribution < -0.4 is 27.4 Å². The number of nitrogen functional groups attached to an aromatic ring is 2. The number of carbonyl (C=O) groups excluding carboxylic acids is 1. The van der Waals surface area contributed by atoms with Crippen LogP contribution in [0.1, 0.15) is 69.9 Å². The summed E-state index contributed by atoms with van der Waals surface area (Å²) in [6.45, 7) is 11.7. The number of pyridine rings is 2. The second kappa shape index (κ2) is 16.6. The molecule has 0 radical (unpaired) electrons. The third-order valence-electron chi connectivity index (χ3n) is 11.0. The molecule has 0 atom stereocenters. The number of piperidine rings is 2. The lowest BCUT2D eigenvalue weighted by atomic mass is 10.0. The predicted octanol–water partition coefficient (Wildman–Crippen LogP) is 4.57. The lowest BCUT2D eigenvalue weighted by molar-refractivity contribution is 0.0954. The molecule has 0 saturated carbocycles. The van der Waals surface area contributed by atoms with Gasteiger partial charge in [0.05, 0.1) is 23.5 Å². The van der Waals surface area contributed by atoms with Crippen LogP contribution in [0.2, 0.25) is 0 Å². The average Bonchev–Trinajstić information content (AvgIpc) is 3.69. The minimum Gasteiger partial charge on any atom is -0.447 e. The zero-order valence-electron chi connectivity index (χ0n) is 32.8. The summed E-state index contributed by atoms with van der Waals surface area (Å²) in [7, 11) is 0. The van der Waals surface area contributed by atoms with Crippen LogP contribution in [0.15, 0.2) is 53.4 Å². The summed E-state index contributed by atoms with van der Waals surface area (Å²) in [4.78, 5) is 49.8. The molecule has 57 heavy (non-hydrogen) atoms. The lowest BCUT2D eigenvalue weighted by Crippen LogP contribution is -2.39. The van der Waals surface area contributed by atoms with Gasteiger partial charge < -0.3 is 31.8 Å². The number of likely N-dealkylation sites (tertiary alicyclic amines) is 2. The first-order chi connectivity index (χ1) is 27.6. The Morgan fingerprint density at radius 2 is 1.33 bits per heavy atom. The number of hydrogen-bond donors (Lipinski definition) is 5. The summed E-state index contributed by atoms with van der Waals surface area (Å²) in [6, 6.07) is 12.3. The van der Waals surface area contributed by atoms with E-state index in [2.05, 4.69) is 50.7 Å². The van der Waals surface area contributed by atoms with Crippen molar-refractivity contribution in [2.75, 3.05) is 54.8 Å². The van der Waals surface area contributed by atoms with Crippen LogP contribution in [0.25, 0.3) is 22.1 Å². The summed E-state index contributed by atoms with van der Waals surface area (Å²) in [5.41, 5.74) is 19.4. The van der Waals surface area contributed by atoms with E-state index in [1.165, 1.54) is 12.0 Å². The molecule has 1 aromatic carbocycles. The number of nitrogens with zero attached hydrogens (tertiary/aromatic N) is 9. The molecule has 0 aliphatic carbocycles. The second-order valence-electron chi connectivity index (χ2n) is 15.3. The number of carbonyl (C=O) groups is 1. The largest absolute Gasteiger partial charge is 0.447 e. The maximum Gasteiger partial charge on any atom is 0.251 e. The second-order valence-corrected chi connectivity index (χ2v) is 15.3. The number of hydrogen-bond acceptors (Lipinski definition) is 15. The van der Waals surface area contributed by atoms with Crippen LogP contribution in [0, 0.1) is 20.8 Å². The van der Waals surface area contributed by atoms with E-state index in [4.69, 9.17) is 25.9 Å². The highest BCUT2D eigenvalue weighted by Gasteiger charge is 2.23. The van der Waals surface area contributed by atoms with Gasteiger partial charge in [-0.15, -0.1) is 0 Å². The zero-order chi connectivity index (χ0) is 39.5. The van der Waals surface area contributed by atoms with Gasteiger partial charge in [-0.3, -0.25) is 14.6 Å². The number of amides is 1. The van der Waals surface area contributed by atoms with Crippen molar-refractivity contribution in [1.29, 1.82) is 0 Å². The number of aromatic nitrogens is 7. The van der Waals surface area contributed by atoms with Crippen molar-refractivity contribution >= 4 is 51.5 Å². The summed E-state index contributed by atoms with van der Waals surface area (Å²) in [5, 5.41) is 11.6. The monoisotopic (exact) mass is 770 g/mol. The molecule has 5 aromatic heterocycles. The van der Waals surface area contributed by atoms with E-state index in [9.17, 15) is 4.79 Å². The van der Waals surface area contributed by atoms with E-state index in [1.807, 2.05) is 57.2 Å². The predicted molar refractivity (Wildman–Crippen MR) is 221 cm³/mol. The Morgan fingerprint density at radius 3 is 1.93 bits per heavy atom. The van der Waals surface area contributed by atoms with E-state index in [1.54, 1.807) is 6.20 Å². The first-order valence-electron chi connectivity index (χ1n) is 19.7. The molecular weight excluding hydrogens is 721 g/mol. The van der Waals surface area contributed by atoms with E-state index in [-0.39, 0.29) is 18.0 Å². The van der Waals surface area contributed by atoms with Crippen LogP contribution in [0.3, 0.4) is 0 Å². The van der Waals surface area contributed by atoms with Crippen LogP contribution in [-0.4, -0.2) is 95.4 Å². The highest BCUT2D eigenvalue weighted by Crippen LogP contribution is 2.26. The number of fused-ring (bicyclic) bond motifs is 2. The number of nitrogens with two attached hydrogens (primary N) is 2. The minimum absolute atomic E-state index is 0.118. The Labute approximate surface area is 331 Å². The van der Waals surface area contributed by atoms with Gasteiger partial charge in [0, 0.05) is 74.7 Å². The molecule has 0 unspecified atom stereocenters. The molecule has 1 amide bonds. The Morgan fingerprint density at radius 1 is 0.754 bits per heavy atom. The van der Waals surface area contributed by atoms with Gasteiger partial charge in [0.15, 0.2) is 17.7 Å². The average molecular weight is 771 g/mol. The molecule has 8 rings (SSSR count). The van der Waals surface area contributed by atoms with Gasteiger partial charge in [0.1, 0.15) is 17.4 Å². The van der Waals surface area contributed by atoms with E-state index in [0.717, 1.165) is 104 Å². The third kappa shape index (κ3) is 9.02. The van der Waals surface area contributed by atoms with Crippen molar-refractivity contribution in [3.8, 4) is 0 Å². The first kappa shape index (κ1) is 37.9. The molecule has 2 aliphatic heterocycles. The third-order valence-corrected chi connectivity index (χ3v) is 11.0. The summed E-state index contributed by atoms with van der Waals surface area (Å²) in [5.74, 6) is 2.62. The number of nitrogens with one attached hydrogen (secondary N) is 3. The molecule has 2 aliphatic rings. The zero-order valence-corrected chi connectivity index (χ0v) is 32.8. The topological polar surface area (TPSA) is 215 Å². The Balaban J connectivity index is 0.794. The van der Waals surface area contributed by atoms with E-state index in [0.29, 0.717) is 53.4 Å². The summed E-state index contributed by atoms with van der Waals surface area (Å²) < 4.78 is 5.40. The SMILES string of the molecule is Cc1cc(C)c2c(N)nc(NC3CCN(Cc4ccc(C(=O)NCCc5cc(C)c6c(N)nc(NC7CCN(Cc8cnco8)CC7)nc6n5)cc4)CC3)nc2n1. The van der Waals surface area contributed by atoms with Crippen LogP contribution in [-0.2, 0) is 19.5 Å². The van der Waals surface area contributed by atoms with Crippen molar-refractivity contribution in [2.45, 2.75) is 78.0 Å². The Hall–Kier alpha value is -6.00. The van der Waals surface area contributed by atoms with Gasteiger partial charge in [0.2, 0.25) is 11.9 Å². The number of aryl methyl sites for hydroxylation is 3. The number of benzene rings is 1. The number of anilines is 4. The number of rotatable bonds is 12. The normalized spacial score (nSPS) is 16.0. The fraction of sp³-hybridized carbons (Fsp3) is 0.415. The van der Waals surface area contributed by atoms with Crippen LogP contribution in [0.5, 0.6) is 0 Å². The molecule has 0 spiro atoms. The maximum atomic E-state index is 13.1. The Bertz CT molecular complexity index is 2350. The molecule has 0 bridgehead atoms. The highest BCUT2D eigenvalue weighted by atomic mass is 16.3. The first-order valence-corrected chi connectivity index (χ1v) is 19.7. The van der Waals surface area contributed by atoms with Gasteiger partial charge in [-0.2, -0.15) is 19.9 Å². The Kier molecular flexibility index (Phi) is 11.0. The number of oxazole rings is 1. The molecular formula is C41H50N14O2. The highest BCUT2D eigenvalue weighted by molar-refractivity contribution is 5.94. The molecule has 16 nitrogen and oxygen atoms in total. The smallest absolute Gasteiger partial charge is 0.251 e. The standard InChI is InChI=1S/C41H50N14O2/c1-24-18-26(3)46-37-33(24)35(42)50-40(52-37)48-29-9-14-54(15-10-29)21-27-4-6-28(7-5-27)39(56)45-13-8-31-19-25(2)34-36(43)51-41(53-38(34)47-31)49-30-11-16-55(17-12-30)22-32-20-44-23-57-32/h4-7,18-20,23,29-30H,8-17,21-22H2,1-3H3,(H,45,56)(H3,42,46,48,50,52)(H3,43,47,49,51,53). The summed E-state index contributed by atoms with van der Waals surface area (Å²) in [6.07, 6.45) is 7.59. The van der Waals surface area contributed by atoms with Gasteiger partial charge >= 0.3 is 0 Å². The lowest BCUT2D eigenvalue weighted by Gasteiger charge is -2.32. The van der Waals surface area contributed by atoms with Gasteiger partial charge in [-0.1, -0.05) is 12.1 Å². The fourth-order valence-corrected chi connectivity index (χ4v) is 7.98. The van der Waals surface area contributed by atoms with Gasteiger partial charge in [0.25, 0.3) is 5.91 Å². The fourth-order valence-electron chi connectivity index (χ4n) is 7.98. The molecule has 16 heteroatoms. The van der Waals surface area contributed by atoms with Crippen molar-refractivity contribution in [3.63, 3.8) is 0 Å². The molecule has 2 fully saturated rings. The van der Waals surface area contributed by atoms with Crippen LogP contribution in [0.4, 0.5) is 23.5 Å². The van der Waals surface area contributed by atoms with Crippen molar-refractivity contribution in [2.24, 2.45) is 0 Å².